The highest BCUT2D eigenvalue weighted by atomic mass is 32.1. The topological polar surface area (TPSA) is 36.5 Å². The molecule has 5 heteroatoms. The van der Waals surface area contributed by atoms with Crippen molar-refractivity contribution in [3.63, 3.8) is 0 Å². The lowest BCUT2D eigenvalue weighted by molar-refractivity contribution is 0.174. The van der Waals surface area contributed by atoms with Crippen LogP contribution in [-0.2, 0) is 4.74 Å². The van der Waals surface area contributed by atoms with Crippen LogP contribution in [0.4, 0.5) is 0 Å². The monoisotopic (exact) mass is 257 g/mol. The van der Waals surface area contributed by atoms with Gasteiger partial charge in [-0.05, 0) is 44.4 Å². The van der Waals surface area contributed by atoms with Crippen molar-refractivity contribution in [1.29, 1.82) is 0 Å². The summed E-state index contributed by atoms with van der Waals surface area (Å²) in [5, 5.41) is 7.38. The first kappa shape index (κ1) is 13.1. The summed E-state index contributed by atoms with van der Waals surface area (Å²) in [4.78, 5) is 2.62. The molecular formula is C12H23N3OS. The Labute approximate surface area is 109 Å². The first-order valence-corrected chi connectivity index (χ1v) is 6.98. The Kier molecular flexibility index (Phi) is 5.00. The number of piperidine rings is 1. The summed E-state index contributed by atoms with van der Waals surface area (Å²) in [5.41, 5.74) is 0. The molecule has 2 aliphatic rings. The Balaban J connectivity index is 1.67. The van der Waals surface area contributed by atoms with Crippen LogP contribution < -0.4 is 10.6 Å². The van der Waals surface area contributed by atoms with Crippen molar-refractivity contribution in [2.24, 2.45) is 0 Å². The number of rotatable bonds is 4. The zero-order valence-corrected chi connectivity index (χ0v) is 11.4. The lowest BCUT2D eigenvalue weighted by atomic mass is 9.98. The number of ether oxygens (including phenoxy) is 1. The molecule has 2 atom stereocenters. The molecule has 0 spiro atoms. The Morgan fingerprint density at radius 2 is 2.29 bits per heavy atom. The van der Waals surface area contributed by atoms with Gasteiger partial charge in [0.1, 0.15) is 0 Å². The van der Waals surface area contributed by atoms with E-state index in [1.807, 2.05) is 0 Å². The van der Waals surface area contributed by atoms with Crippen LogP contribution in [0.25, 0.3) is 0 Å². The molecule has 0 aliphatic carbocycles. The summed E-state index contributed by atoms with van der Waals surface area (Å²) in [6, 6.07) is 1.35. The van der Waals surface area contributed by atoms with Crippen LogP contribution in [0.3, 0.4) is 0 Å². The molecule has 2 unspecified atom stereocenters. The fraction of sp³-hybridized carbons (Fsp3) is 0.917. The van der Waals surface area contributed by atoms with Crippen LogP contribution in [0, 0.1) is 0 Å². The highest BCUT2D eigenvalue weighted by molar-refractivity contribution is 7.80. The molecule has 17 heavy (non-hydrogen) atoms. The van der Waals surface area contributed by atoms with Crippen LogP contribution >= 0.6 is 12.2 Å². The van der Waals surface area contributed by atoms with E-state index in [4.69, 9.17) is 17.0 Å². The SMILES string of the molecule is COCCNC(=S)NC1CCN2CCCC2C1. The fourth-order valence-corrected chi connectivity index (χ4v) is 3.13. The predicted octanol–water partition coefficient (Wildman–Crippen LogP) is 0.724. The first-order valence-electron chi connectivity index (χ1n) is 6.57. The highest BCUT2D eigenvalue weighted by Gasteiger charge is 2.31. The second-order valence-electron chi connectivity index (χ2n) is 4.95. The molecule has 0 aromatic heterocycles. The average molecular weight is 257 g/mol. The minimum Gasteiger partial charge on any atom is -0.383 e. The zero-order valence-electron chi connectivity index (χ0n) is 10.6. The maximum Gasteiger partial charge on any atom is 0.166 e. The normalized spacial score (nSPS) is 28.8. The molecule has 2 fully saturated rings. The fourth-order valence-electron chi connectivity index (χ4n) is 2.86. The summed E-state index contributed by atoms with van der Waals surface area (Å²) in [6.45, 7) is 4.00. The van der Waals surface area contributed by atoms with Gasteiger partial charge >= 0.3 is 0 Å². The molecule has 2 heterocycles. The Morgan fingerprint density at radius 3 is 3.12 bits per heavy atom. The van der Waals surface area contributed by atoms with E-state index in [-0.39, 0.29) is 0 Å². The second-order valence-corrected chi connectivity index (χ2v) is 5.35. The molecule has 0 radical (unpaired) electrons. The first-order chi connectivity index (χ1) is 8.29. The van der Waals surface area contributed by atoms with E-state index in [9.17, 15) is 0 Å². The minimum atomic E-state index is 0.553. The molecule has 0 bridgehead atoms. The second kappa shape index (κ2) is 6.52. The number of nitrogens with zero attached hydrogens (tertiary/aromatic N) is 1. The van der Waals surface area contributed by atoms with Crippen molar-refractivity contribution in [2.45, 2.75) is 37.8 Å². The van der Waals surface area contributed by atoms with Gasteiger partial charge in [0.25, 0.3) is 0 Å². The van der Waals surface area contributed by atoms with Crippen LogP contribution in [0.5, 0.6) is 0 Å². The summed E-state index contributed by atoms with van der Waals surface area (Å²) in [6.07, 6.45) is 5.19. The molecule has 2 rings (SSSR count). The molecular weight excluding hydrogens is 234 g/mol. The summed E-state index contributed by atoms with van der Waals surface area (Å²) in [7, 11) is 1.70. The van der Waals surface area contributed by atoms with Crippen molar-refractivity contribution >= 4 is 17.3 Å². The number of thiocarbonyl (C=S) groups is 1. The van der Waals surface area contributed by atoms with E-state index < -0.39 is 0 Å². The van der Waals surface area contributed by atoms with Crippen molar-refractivity contribution in [3.05, 3.63) is 0 Å². The average Bonchev–Trinajstić information content (AvgIpc) is 2.76. The third-order valence-corrected chi connectivity index (χ3v) is 4.01. The Morgan fingerprint density at radius 1 is 1.41 bits per heavy atom. The molecule has 4 nitrogen and oxygen atoms in total. The van der Waals surface area contributed by atoms with Crippen LogP contribution in [-0.4, -0.2) is 55.4 Å². The maximum atomic E-state index is 5.28. The van der Waals surface area contributed by atoms with E-state index >= 15 is 0 Å². The van der Waals surface area contributed by atoms with Gasteiger partial charge in [-0.3, -0.25) is 0 Å². The van der Waals surface area contributed by atoms with Gasteiger partial charge in [-0.2, -0.15) is 0 Å². The van der Waals surface area contributed by atoms with Crippen LogP contribution in [0.15, 0.2) is 0 Å². The standard InChI is InChI=1S/C12H23N3OS/c1-16-8-5-13-12(17)14-10-4-7-15-6-2-3-11(15)9-10/h10-11H,2-9H2,1H3,(H2,13,14,17). The number of methoxy groups -OCH3 is 1. The molecule has 2 aliphatic heterocycles. The molecule has 0 aromatic rings. The number of hydrogen-bond acceptors (Lipinski definition) is 3. The summed E-state index contributed by atoms with van der Waals surface area (Å²) in [5.74, 6) is 0. The largest absolute Gasteiger partial charge is 0.383 e. The van der Waals surface area contributed by atoms with E-state index in [0.717, 1.165) is 17.7 Å². The van der Waals surface area contributed by atoms with Gasteiger partial charge in [0.05, 0.1) is 6.61 Å². The quantitative estimate of drug-likeness (QED) is 0.573. The maximum absolute atomic E-state index is 5.28. The van der Waals surface area contributed by atoms with Crippen molar-refractivity contribution in [1.82, 2.24) is 15.5 Å². The van der Waals surface area contributed by atoms with Gasteiger partial charge in [0.15, 0.2) is 5.11 Å². The Bertz CT molecular complexity index is 262. The van der Waals surface area contributed by atoms with Crippen LogP contribution in [0.2, 0.25) is 0 Å². The zero-order chi connectivity index (χ0) is 12.1. The van der Waals surface area contributed by atoms with Crippen LogP contribution in [0.1, 0.15) is 25.7 Å². The van der Waals surface area contributed by atoms with E-state index in [1.54, 1.807) is 7.11 Å². The molecule has 98 valence electrons. The third kappa shape index (κ3) is 3.79. The Hall–Kier alpha value is -0.390. The lowest BCUT2D eigenvalue weighted by Crippen LogP contribution is -2.50. The molecule has 0 saturated carbocycles. The molecule has 2 saturated heterocycles. The van der Waals surface area contributed by atoms with Gasteiger partial charge in [-0.15, -0.1) is 0 Å². The lowest BCUT2D eigenvalue weighted by Gasteiger charge is -2.35. The van der Waals surface area contributed by atoms with Gasteiger partial charge < -0.3 is 20.3 Å². The van der Waals surface area contributed by atoms with Gasteiger partial charge in [0.2, 0.25) is 0 Å². The van der Waals surface area contributed by atoms with Gasteiger partial charge in [-0.1, -0.05) is 0 Å². The number of nitrogens with one attached hydrogen (secondary N) is 2. The number of hydrogen-bond donors (Lipinski definition) is 2. The van der Waals surface area contributed by atoms with E-state index in [1.165, 1.54) is 38.8 Å². The molecule has 0 aromatic carbocycles. The molecule has 0 amide bonds. The van der Waals surface area contributed by atoms with Gasteiger partial charge in [0, 0.05) is 32.3 Å². The smallest absolute Gasteiger partial charge is 0.166 e. The number of fused-ring (bicyclic) bond motifs is 1. The van der Waals surface area contributed by atoms with Crippen molar-refractivity contribution in [2.75, 3.05) is 33.4 Å². The molecule has 2 N–H and O–H groups in total. The van der Waals surface area contributed by atoms with E-state index in [2.05, 4.69) is 15.5 Å². The van der Waals surface area contributed by atoms with E-state index in [0.29, 0.717) is 12.6 Å². The van der Waals surface area contributed by atoms with Crippen molar-refractivity contribution < 1.29 is 4.74 Å². The van der Waals surface area contributed by atoms with Crippen molar-refractivity contribution in [3.8, 4) is 0 Å². The highest BCUT2D eigenvalue weighted by Crippen LogP contribution is 2.26. The minimum absolute atomic E-state index is 0.553. The third-order valence-electron chi connectivity index (χ3n) is 3.75. The predicted molar refractivity (Wildman–Crippen MR) is 73.2 cm³/mol. The van der Waals surface area contributed by atoms with Gasteiger partial charge in [-0.25, -0.2) is 0 Å². The summed E-state index contributed by atoms with van der Waals surface area (Å²) >= 11 is 5.28. The summed E-state index contributed by atoms with van der Waals surface area (Å²) < 4.78 is 4.98.